The minimum absolute atomic E-state index is 0.0384. The monoisotopic (exact) mass is 529 g/mol. The maximum absolute atomic E-state index is 15.7. The molecular weight excluding hydrogens is 496 g/mol. The highest BCUT2D eigenvalue weighted by atomic mass is 19.1. The molecule has 1 heterocycles. The van der Waals surface area contributed by atoms with Crippen molar-refractivity contribution in [3.05, 3.63) is 107 Å². The van der Waals surface area contributed by atoms with Crippen molar-refractivity contribution in [2.24, 2.45) is 0 Å². The molecule has 4 aromatic rings. The Balaban J connectivity index is 1.58. The third-order valence-electron chi connectivity index (χ3n) is 6.52. The Bertz CT molecular complexity index is 1490. The van der Waals surface area contributed by atoms with Gasteiger partial charge in [-0.1, -0.05) is 49.4 Å². The van der Waals surface area contributed by atoms with Crippen molar-refractivity contribution >= 4 is 28.0 Å². The molecule has 3 aromatic carbocycles. The largest absolute Gasteiger partial charge is 0.493 e. The van der Waals surface area contributed by atoms with Gasteiger partial charge in [0.2, 0.25) is 11.9 Å². The molecule has 0 radical (unpaired) electrons. The average Bonchev–Trinajstić information content (AvgIpc) is 3.31. The second kappa shape index (κ2) is 13.0. The average molecular weight is 530 g/mol. The molecule has 0 fully saturated rings. The molecule has 0 bridgehead atoms. The van der Waals surface area contributed by atoms with E-state index in [0.717, 1.165) is 30.4 Å². The fraction of sp³-hybridized carbons (Fsp3) is 0.250. The van der Waals surface area contributed by atoms with Crippen LogP contribution in [0.25, 0.3) is 22.0 Å². The smallest absolute Gasteiger partial charge is 0.245 e. The van der Waals surface area contributed by atoms with Crippen LogP contribution in [-0.2, 0) is 4.79 Å². The Kier molecular flexibility index (Phi) is 9.26. The number of halogens is 2. The van der Waals surface area contributed by atoms with Gasteiger partial charge in [-0.25, -0.2) is 4.39 Å². The van der Waals surface area contributed by atoms with Crippen LogP contribution in [-0.4, -0.2) is 41.7 Å². The molecule has 0 aliphatic carbocycles. The number of aromatic amines is 1. The molecule has 0 saturated heterocycles. The van der Waals surface area contributed by atoms with Gasteiger partial charge in [-0.3, -0.25) is 9.89 Å². The van der Waals surface area contributed by atoms with E-state index >= 15 is 4.39 Å². The normalized spacial score (nSPS) is 12.1. The molecular formula is C32H33F2N3O2. The number of allylic oxidation sites excluding steroid dienone is 2. The van der Waals surface area contributed by atoms with E-state index < -0.39 is 11.8 Å². The fourth-order valence-corrected chi connectivity index (χ4v) is 4.47. The molecule has 5 nitrogen and oxygen atoms in total. The van der Waals surface area contributed by atoms with Gasteiger partial charge in [0.05, 0.1) is 17.5 Å². The summed E-state index contributed by atoms with van der Waals surface area (Å²) in [4.78, 5) is 13.1. The number of nitrogens with zero attached hydrogens (tertiary/aromatic N) is 2. The summed E-state index contributed by atoms with van der Waals surface area (Å²) in [5.41, 5.74) is 4.27. The van der Waals surface area contributed by atoms with E-state index in [1.165, 1.54) is 11.0 Å². The lowest BCUT2D eigenvalue weighted by Crippen LogP contribution is -2.18. The van der Waals surface area contributed by atoms with E-state index in [0.29, 0.717) is 46.4 Å². The molecule has 7 heteroatoms. The number of hydrogen-bond acceptors (Lipinski definition) is 3. The van der Waals surface area contributed by atoms with E-state index in [4.69, 9.17) is 4.74 Å². The summed E-state index contributed by atoms with van der Waals surface area (Å²) in [6.45, 7) is 2.47. The Morgan fingerprint density at radius 3 is 2.51 bits per heavy atom. The number of nitrogens with one attached hydrogen (secondary N) is 1. The van der Waals surface area contributed by atoms with Crippen LogP contribution in [0.5, 0.6) is 5.75 Å². The minimum Gasteiger partial charge on any atom is -0.493 e. The van der Waals surface area contributed by atoms with Gasteiger partial charge < -0.3 is 9.64 Å². The first-order valence-corrected chi connectivity index (χ1v) is 13.1. The lowest BCUT2D eigenvalue weighted by Gasteiger charge is -2.18. The van der Waals surface area contributed by atoms with Crippen molar-refractivity contribution in [2.45, 2.75) is 32.6 Å². The summed E-state index contributed by atoms with van der Waals surface area (Å²) in [5.74, 6) is -0.526. The lowest BCUT2D eigenvalue weighted by molar-refractivity contribution is -0.123. The zero-order valence-electron chi connectivity index (χ0n) is 22.5. The number of carbonyl (C=O) groups is 1. The standard InChI is InChI=1S/C32H33F2N3O2/c1-4-25(22-12-8-7-9-13-22)31(23-15-18-29-27(20-23)32(34)36-35-29)26-17-16-24(21-28(26)33)39-19-11-6-5-10-14-30(38)37(2)3/h7-10,12-18,20-21H,4-6,11,19H2,1-3H3,(H,35,36)/b14-10+,31-25-. The first kappa shape index (κ1) is 27.8. The van der Waals surface area contributed by atoms with Crippen LogP contribution in [0.3, 0.4) is 0 Å². The Morgan fingerprint density at radius 1 is 1.00 bits per heavy atom. The molecule has 1 amide bonds. The lowest BCUT2D eigenvalue weighted by atomic mass is 9.87. The van der Waals surface area contributed by atoms with Crippen molar-refractivity contribution in [1.82, 2.24) is 15.1 Å². The Labute approximate surface area is 227 Å². The number of ether oxygens (including phenoxy) is 1. The molecule has 0 spiro atoms. The van der Waals surface area contributed by atoms with Crippen molar-refractivity contribution in [3.8, 4) is 5.75 Å². The maximum atomic E-state index is 15.7. The Hall–Kier alpha value is -4.26. The molecule has 0 atom stereocenters. The van der Waals surface area contributed by atoms with Gasteiger partial charge in [-0.2, -0.15) is 9.49 Å². The number of benzene rings is 3. The fourth-order valence-electron chi connectivity index (χ4n) is 4.47. The Morgan fingerprint density at radius 2 is 1.79 bits per heavy atom. The van der Waals surface area contributed by atoms with Crippen molar-refractivity contribution in [3.63, 3.8) is 0 Å². The van der Waals surface area contributed by atoms with Gasteiger partial charge >= 0.3 is 0 Å². The zero-order valence-corrected chi connectivity index (χ0v) is 22.5. The molecule has 1 aromatic heterocycles. The van der Waals surface area contributed by atoms with Crippen LogP contribution in [0, 0.1) is 11.8 Å². The van der Waals surface area contributed by atoms with Gasteiger partial charge in [0.15, 0.2) is 0 Å². The molecule has 1 N–H and O–H groups in total. The molecule has 4 rings (SSSR count). The number of rotatable bonds is 11. The van der Waals surface area contributed by atoms with Gasteiger partial charge in [-0.05, 0) is 78.3 Å². The summed E-state index contributed by atoms with van der Waals surface area (Å²) in [5, 5.41) is 6.72. The van der Waals surface area contributed by atoms with Gasteiger partial charge in [0.1, 0.15) is 11.6 Å². The van der Waals surface area contributed by atoms with E-state index in [1.807, 2.05) is 49.4 Å². The summed E-state index contributed by atoms with van der Waals surface area (Å²) >= 11 is 0. The van der Waals surface area contributed by atoms with Crippen LogP contribution in [0.4, 0.5) is 8.78 Å². The molecule has 0 unspecified atom stereocenters. The summed E-state index contributed by atoms with van der Waals surface area (Å²) in [7, 11) is 3.43. The number of amides is 1. The van der Waals surface area contributed by atoms with E-state index in [9.17, 15) is 9.18 Å². The SMILES string of the molecule is CC/C(=C(\c1ccc2n[nH]c(F)c2c1)c1ccc(OCCCC/C=C/C(=O)N(C)C)cc1F)c1ccccc1. The predicted molar refractivity (Wildman–Crippen MR) is 152 cm³/mol. The highest BCUT2D eigenvalue weighted by Crippen LogP contribution is 2.37. The number of aromatic nitrogens is 2. The second-order valence-electron chi connectivity index (χ2n) is 9.46. The topological polar surface area (TPSA) is 58.2 Å². The second-order valence-corrected chi connectivity index (χ2v) is 9.46. The van der Waals surface area contributed by atoms with Crippen molar-refractivity contribution < 1.29 is 18.3 Å². The number of likely N-dealkylation sites (N-methyl/N-ethyl adjacent to an activating group) is 1. The molecule has 39 heavy (non-hydrogen) atoms. The summed E-state index contributed by atoms with van der Waals surface area (Å²) in [6.07, 6.45) is 6.48. The van der Waals surface area contributed by atoms with Gasteiger partial charge in [0.25, 0.3) is 0 Å². The minimum atomic E-state index is -0.520. The van der Waals surface area contributed by atoms with Crippen LogP contribution >= 0.6 is 0 Å². The predicted octanol–water partition coefficient (Wildman–Crippen LogP) is 7.40. The van der Waals surface area contributed by atoms with Crippen LogP contribution < -0.4 is 4.74 Å². The molecule has 0 aliphatic rings. The molecule has 0 saturated carbocycles. The van der Waals surface area contributed by atoms with E-state index in [-0.39, 0.29) is 5.91 Å². The quantitative estimate of drug-likeness (QED) is 0.125. The van der Waals surface area contributed by atoms with Gasteiger partial charge in [-0.15, -0.1) is 0 Å². The molecule has 0 aliphatic heterocycles. The number of fused-ring (bicyclic) bond motifs is 1. The van der Waals surface area contributed by atoms with Gasteiger partial charge in [0, 0.05) is 25.7 Å². The van der Waals surface area contributed by atoms with Crippen LogP contribution in [0.2, 0.25) is 0 Å². The van der Waals surface area contributed by atoms with E-state index in [1.54, 1.807) is 44.4 Å². The number of H-pyrrole nitrogens is 1. The maximum Gasteiger partial charge on any atom is 0.245 e. The first-order chi connectivity index (χ1) is 18.9. The van der Waals surface area contributed by atoms with Crippen molar-refractivity contribution in [1.29, 1.82) is 0 Å². The van der Waals surface area contributed by atoms with E-state index in [2.05, 4.69) is 10.2 Å². The number of unbranched alkanes of at least 4 members (excludes halogenated alkanes) is 2. The van der Waals surface area contributed by atoms with Crippen LogP contribution in [0.1, 0.15) is 49.3 Å². The first-order valence-electron chi connectivity index (χ1n) is 13.1. The third kappa shape index (κ3) is 6.79. The highest BCUT2D eigenvalue weighted by Gasteiger charge is 2.18. The number of carbonyl (C=O) groups excluding carboxylic acids is 1. The number of hydrogen-bond donors (Lipinski definition) is 1. The zero-order chi connectivity index (χ0) is 27.8. The van der Waals surface area contributed by atoms with Crippen molar-refractivity contribution in [2.75, 3.05) is 20.7 Å². The third-order valence-corrected chi connectivity index (χ3v) is 6.52. The highest BCUT2D eigenvalue weighted by molar-refractivity contribution is 6.00. The molecule has 202 valence electrons. The summed E-state index contributed by atoms with van der Waals surface area (Å²) < 4.78 is 35.9. The summed E-state index contributed by atoms with van der Waals surface area (Å²) in [6, 6.07) is 20.0. The van der Waals surface area contributed by atoms with Crippen LogP contribution in [0.15, 0.2) is 78.9 Å².